The summed E-state index contributed by atoms with van der Waals surface area (Å²) in [5, 5.41) is 3.08. The van der Waals surface area contributed by atoms with Gasteiger partial charge in [0, 0.05) is 5.57 Å². The lowest BCUT2D eigenvalue weighted by atomic mass is 9.77. The van der Waals surface area contributed by atoms with Gasteiger partial charge in [-0.05, 0) is 33.0 Å². The molecule has 2 rings (SSSR count). The number of rotatable bonds is 2. The number of esters is 1. The number of aldehydes is 1. The number of carbonyl (C=O) groups is 2. The predicted molar refractivity (Wildman–Crippen MR) is 67.6 cm³/mol. The van der Waals surface area contributed by atoms with E-state index in [4.69, 9.17) is 4.74 Å². The fraction of sp³-hybridized carbons (Fsp3) is 0.429. The highest BCUT2D eigenvalue weighted by Crippen LogP contribution is 2.37. The highest BCUT2D eigenvalue weighted by atomic mass is 16.6. The van der Waals surface area contributed by atoms with Gasteiger partial charge in [0.1, 0.15) is 17.3 Å². The molecule has 0 saturated carbocycles. The Labute approximate surface area is 106 Å². The minimum absolute atomic E-state index is 0.184. The number of fused-ring (bicyclic) bond motifs is 1. The van der Waals surface area contributed by atoms with Crippen molar-refractivity contribution in [3.05, 3.63) is 36.1 Å². The maximum absolute atomic E-state index is 12.4. The SMILES string of the molecule is CC(C)(C)OC(=O)C12C=CNC1C=CC(C=O)=C2. The molecule has 1 aliphatic carbocycles. The number of hydrogen-bond acceptors (Lipinski definition) is 4. The molecule has 0 spiro atoms. The second-order valence-electron chi connectivity index (χ2n) is 5.53. The van der Waals surface area contributed by atoms with Gasteiger partial charge in [0.25, 0.3) is 0 Å². The van der Waals surface area contributed by atoms with Crippen LogP contribution < -0.4 is 5.32 Å². The van der Waals surface area contributed by atoms with Gasteiger partial charge in [-0.3, -0.25) is 9.59 Å². The summed E-state index contributed by atoms with van der Waals surface area (Å²) >= 11 is 0. The zero-order valence-electron chi connectivity index (χ0n) is 10.8. The third-order valence-electron chi connectivity index (χ3n) is 2.92. The van der Waals surface area contributed by atoms with Crippen LogP contribution in [0.5, 0.6) is 0 Å². The third-order valence-corrected chi connectivity index (χ3v) is 2.92. The van der Waals surface area contributed by atoms with Crippen molar-refractivity contribution in [3.63, 3.8) is 0 Å². The molecule has 0 amide bonds. The fourth-order valence-corrected chi connectivity index (χ4v) is 2.11. The molecule has 4 nitrogen and oxygen atoms in total. The molecule has 4 heteroatoms. The Morgan fingerprint density at radius 3 is 2.83 bits per heavy atom. The Morgan fingerprint density at radius 2 is 2.22 bits per heavy atom. The van der Waals surface area contributed by atoms with Gasteiger partial charge in [-0.25, -0.2) is 0 Å². The van der Waals surface area contributed by atoms with E-state index < -0.39 is 11.0 Å². The number of hydrogen-bond donors (Lipinski definition) is 1. The van der Waals surface area contributed by atoms with E-state index >= 15 is 0 Å². The minimum Gasteiger partial charge on any atom is -0.459 e. The van der Waals surface area contributed by atoms with Gasteiger partial charge >= 0.3 is 5.97 Å². The number of carbonyl (C=O) groups excluding carboxylic acids is 2. The maximum atomic E-state index is 12.4. The second-order valence-corrected chi connectivity index (χ2v) is 5.53. The monoisotopic (exact) mass is 247 g/mol. The van der Waals surface area contributed by atoms with Crippen molar-refractivity contribution in [2.75, 3.05) is 0 Å². The molecule has 2 aliphatic rings. The average molecular weight is 247 g/mol. The summed E-state index contributed by atoms with van der Waals surface area (Å²) in [6, 6.07) is -0.184. The van der Waals surface area contributed by atoms with Crippen molar-refractivity contribution >= 4 is 12.3 Å². The van der Waals surface area contributed by atoms with Crippen molar-refractivity contribution in [1.29, 1.82) is 0 Å². The number of nitrogens with one attached hydrogen (secondary N) is 1. The Bertz CT molecular complexity index is 468. The molecule has 2 unspecified atom stereocenters. The first-order valence-electron chi connectivity index (χ1n) is 5.91. The lowest BCUT2D eigenvalue weighted by Crippen LogP contribution is -2.45. The molecule has 0 saturated heterocycles. The van der Waals surface area contributed by atoms with E-state index in [1.54, 1.807) is 24.4 Å². The van der Waals surface area contributed by atoms with Gasteiger partial charge in [-0.1, -0.05) is 18.2 Å². The number of allylic oxidation sites excluding steroid dienone is 2. The van der Waals surface area contributed by atoms with Crippen LogP contribution in [0.25, 0.3) is 0 Å². The number of ether oxygens (including phenoxy) is 1. The van der Waals surface area contributed by atoms with Crippen molar-refractivity contribution < 1.29 is 14.3 Å². The molecular formula is C14H17NO3. The molecule has 2 atom stereocenters. The molecule has 0 radical (unpaired) electrons. The average Bonchev–Trinajstić information content (AvgIpc) is 2.70. The second kappa shape index (κ2) is 4.12. The molecule has 1 aliphatic heterocycles. The van der Waals surface area contributed by atoms with Crippen molar-refractivity contribution in [3.8, 4) is 0 Å². The molecule has 1 N–H and O–H groups in total. The van der Waals surface area contributed by atoms with Crippen LogP contribution in [0.1, 0.15) is 20.8 Å². The van der Waals surface area contributed by atoms with Crippen LogP contribution in [0.3, 0.4) is 0 Å². The zero-order chi connectivity index (χ0) is 13.4. The third kappa shape index (κ3) is 2.10. The van der Waals surface area contributed by atoms with E-state index in [0.29, 0.717) is 5.57 Å². The molecule has 0 aromatic carbocycles. The smallest absolute Gasteiger partial charge is 0.322 e. The maximum Gasteiger partial charge on any atom is 0.322 e. The van der Waals surface area contributed by atoms with E-state index in [1.165, 1.54) is 0 Å². The molecule has 18 heavy (non-hydrogen) atoms. The van der Waals surface area contributed by atoms with Crippen LogP contribution in [0.4, 0.5) is 0 Å². The van der Waals surface area contributed by atoms with E-state index in [0.717, 1.165) is 6.29 Å². The van der Waals surface area contributed by atoms with Gasteiger partial charge in [0.05, 0.1) is 6.04 Å². The van der Waals surface area contributed by atoms with Gasteiger partial charge in [0.2, 0.25) is 0 Å². The standard InChI is InChI=1S/C14H17NO3/c1-13(2,3)18-12(17)14-6-7-15-11(14)5-4-10(8-14)9-16/h4-9,11,15H,1-3H3. The molecule has 1 heterocycles. The first kappa shape index (κ1) is 12.6. The summed E-state index contributed by atoms with van der Waals surface area (Å²) in [5.41, 5.74) is -0.966. The predicted octanol–water partition coefficient (Wildman–Crippen LogP) is 1.50. The van der Waals surface area contributed by atoms with Crippen LogP contribution in [0.2, 0.25) is 0 Å². The first-order valence-corrected chi connectivity index (χ1v) is 5.91. The summed E-state index contributed by atoms with van der Waals surface area (Å²) in [7, 11) is 0. The summed E-state index contributed by atoms with van der Waals surface area (Å²) in [6.45, 7) is 5.48. The topological polar surface area (TPSA) is 55.4 Å². The zero-order valence-corrected chi connectivity index (χ0v) is 10.8. The van der Waals surface area contributed by atoms with Crippen LogP contribution in [0, 0.1) is 5.41 Å². The van der Waals surface area contributed by atoms with E-state index in [1.807, 2.05) is 26.8 Å². The summed E-state index contributed by atoms with van der Waals surface area (Å²) < 4.78 is 5.45. The van der Waals surface area contributed by atoms with Gasteiger partial charge in [-0.15, -0.1) is 0 Å². The van der Waals surface area contributed by atoms with E-state index in [9.17, 15) is 9.59 Å². The Morgan fingerprint density at radius 1 is 1.50 bits per heavy atom. The largest absolute Gasteiger partial charge is 0.459 e. The first-order chi connectivity index (χ1) is 8.37. The molecule has 0 bridgehead atoms. The Kier molecular flexibility index (Phi) is 2.89. The van der Waals surface area contributed by atoms with Gasteiger partial charge in [0.15, 0.2) is 0 Å². The normalized spacial score (nSPS) is 29.3. The van der Waals surface area contributed by atoms with Gasteiger partial charge < -0.3 is 10.1 Å². The molecule has 96 valence electrons. The van der Waals surface area contributed by atoms with Crippen molar-refractivity contribution in [1.82, 2.24) is 5.32 Å². The fourth-order valence-electron chi connectivity index (χ4n) is 2.11. The van der Waals surface area contributed by atoms with E-state index in [-0.39, 0.29) is 12.0 Å². The molecule has 0 aromatic rings. The van der Waals surface area contributed by atoms with Crippen LogP contribution in [-0.4, -0.2) is 23.9 Å². The lowest BCUT2D eigenvalue weighted by Gasteiger charge is -2.33. The Hall–Kier alpha value is -1.84. The lowest BCUT2D eigenvalue weighted by molar-refractivity contribution is -0.162. The molecule has 0 fully saturated rings. The summed E-state index contributed by atoms with van der Waals surface area (Å²) in [4.78, 5) is 23.3. The van der Waals surface area contributed by atoms with Crippen LogP contribution >= 0.6 is 0 Å². The molecular weight excluding hydrogens is 230 g/mol. The van der Waals surface area contributed by atoms with Gasteiger partial charge in [-0.2, -0.15) is 0 Å². The van der Waals surface area contributed by atoms with Crippen LogP contribution in [0.15, 0.2) is 36.1 Å². The highest BCUT2D eigenvalue weighted by Gasteiger charge is 2.47. The highest BCUT2D eigenvalue weighted by molar-refractivity contribution is 5.89. The minimum atomic E-state index is -0.904. The Balaban J connectivity index is 2.35. The van der Waals surface area contributed by atoms with Crippen LogP contribution in [-0.2, 0) is 14.3 Å². The van der Waals surface area contributed by atoms with E-state index in [2.05, 4.69) is 5.32 Å². The summed E-state index contributed by atoms with van der Waals surface area (Å²) in [5.74, 6) is -0.343. The molecule has 0 aromatic heterocycles. The van der Waals surface area contributed by atoms with Crippen molar-refractivity contribution in [2.24, 2.45) is 5.41 Å². The quantitative estimate of drug-likeness (QED) is 0.593. The summed E-state index contributed by atoms with van der Waals surface area (Å²) in [6.07, 6.45) is 9.40. The van der Waals surface area contributed by atoms with Crippen molar-refractivity contribution in [2.45, 2.75) is 32.4 Å².